The van der Waals surface area contributed by atoms with E-state index in [0.29, 0.717) is 11.3 Å². The minimum atomic E-state index is -1.67. The molecule has 0 spiro atoms. The molecule has 1 aromatic rings. The number of alkyl carbamates (subject to hydrolysis) is 1. The summed E-state index contributed by atoms with van der Waals surface area (Å²) in [7, 11) is -1.67. The van der Waals surface area contributed by atoms with Gasteiger partial charge in [-0.1, -0.05) is 32.0 Å². The molecule has 0 bridgehead atoms. The first-order valence-corrected chi connectivity index (χ1v) is 9.00. The van der Waals surface area contributed by atoms with Crippen molar-refractivity contribution in [3.8, 4) is 0 Å². The van der Waals surface area contributed by atoms with Gasteiger partial charge in [-0.3, -0.25) is 9.52 Å². The molecule has 0 aliphatic rings. The topological polar surface area (TPSA) is 84.5 Å². The lowest BCUT2D eigenvalue weighted by atomic mass is 10.0. The third-order valence-corrected chi connectivity index (χ3v) is 3.95. The molecule has 6 nitrogen and oxygen atoms in total. The van der Waals surface area contributed by atoms with Crippen LogP contribution in [-0.4, -0.2) is 27.9 Å². The predicted molar refractivity (Wildman–Crippen MR) is 93.6 cm³/mol. The Morgan fingerprint density at radius 3 is 2.25 bits per heavy atom. The number of carbonyl (C=O) groups excluding carboxylic acids is 2. The predicted octanol–water partition coefficient (Wildman–Crippen LogP) is 2.76. The zero-order chi connectivity index (χ0) is 18.3. The molecule has 0 radical (unpaired) electrons. The van der Waals surface area contributed by atoms with Crippen LogP contribution in [0, 0.1) is 5.92 Å². The van der Waals surface area contributed by atoms with Crippen molar-refractivity contribution in [2.24, 2.45) is 5.92 Å². The first-order chi connectivity index (χ1) is 11.1. The largest absolute Gasteiger partial charge is 0.444 e. The van der Waals surface area contributed by atoms with E-state index in [0.717, 1.165) is 0 Å². The van der Waals surface area contributed by atoms with Gasteiger partial charge in [-0.15, -0.1) is 0 Å². The Kier molecular flexibility index (Phi) is 7.41. The molecular formula is C17H26N2O4S. The van der Waals surface area contributed by atoms with Gasteiger partial charge in [0.1, 0.15) is 11.6 Å². The Balaban J connectivity index is 2.74. The van der Waals surface area contributed by atoms with Gasteiger partial charge in [0.2, 0.25) is 0 Å². The molecule has 0 fully saturated rings. The van der Waals surface area contributed by atoms with Crippen LogP contribution >= 0.6 is 0 Å². The minimum absolute atomic E-state index is 0.167. The summed E-state index contributed by atoms with van der Waals surface area (Å²) in [5.41, 5.74) is -0.657. The molecule has 0 aliphatic heterocycles. The summed E-state index contributed by atoms with van der Waals surface area (Å²) in [6, 6.07) is 7.79. The van der Waals surface area contributed by atoms with Crippen molar-refractivity contribution in [2.75, 3.05) is 0 Å². The van der Waals surface area contributed by atoms with Crippen LogP contribution in [0.4, 0.5) is 4.79 Å². The number of rotatable bonds is 6. The van der Waals surface area contributed by atoms with Crippen LogP contribution in [0.15, 0.2) is 35.2 Å². The lowest BCUT2D eigenvalue weighted by molar-refractivity contribution is -0.121. The van der Waals surface area contributed by atoms with Gasteiger partial charge < -0.3 is 10.1 Å². The van der Waals surface area contributed by atoms with Gasteiger partial charge in [-0.25, -0.2) is 9.00 Å². The van der Waals surface area contributed by atoms with E-state index in [9.17, 15) is 13.8 Å². The van der Waals surface area contributed by atoms with Gasteiger partial charge in [-0.2, -0.15) is 0 Å². The molecule has 7 heteroatoms. The van der Waals surface area contributed by atoms with E-state index >= 15 is 0 Å². The molecule has 2 amide bonds. The van der Waals surface area contributed by atoms with Crippen molar-refractivity contribution in [2.45, 2.75) is 57.6 Å². The van der Waals surface area contributed by atoms with Gasteiger partial charge in [-0.05, 0) is 45.2 Å². The number of nitrogens with one attached hydrogen (secondary N) is 2. The molecular weight excluding hydrogens is 328 g/mol. The van der Waals surface area contributed by atoms with Crippen molar-refractivity contribution in [3.63, 3.8) is 0 Å². The number of carbonyl (C=O) groups is 2. The normalized spacial score (nSPS) is 13.9. The highest BCUT2D eigenvalue weighted by Crippen LogP contribution is 2.10. The lowest BCUT2D eigenvalue weighted by Gasteiger charge is -2.24. The maximum absolute atomic E-state index is 12.4. The van der Waals surface area contributed by atoms with Gasteiger partial charge in [0.05, 0.1) is 4.90 Å². The molecule has 0 heterocycles. The number of benzene rings is 1. The molecule has 0 saturated carbocycles. The minimum Gasteiger partial charge on any atom is -0.444 e. The smallest absolute Gasteiger partial charge is 0.408 e. The second-order valence-electron chi connectivity index (χ2n) is 6.88. The summed E-state index contributed by atoms with van der Waals surface area (Å²) in [6.07, 6.45) is -0.259. The molecule has 1 rings (SSSR count). The Labute approximate surface area is 145 Å². The van der Waals surface area contributed by atoms with Crippen LogP contribution < -0.4 is 10.0 Å². The van der Waals surface area contributed by atoms with Crippen molar-refractivity contribution in [1.29, 1.82) is 0 Å². The molecule has 2 atom stereocenters. The maximum Gasteiger partial charge on any atom is 0.408 e. The molecule has 1 aromatic carbocycles. The molecule has 0 aliphatic carbocycles. The maximum atomic E-state index is 12.4. The number of amides is 2. The van der Waals surface area contributed by atoms with Gasteiger partial charge >= 0.3 is 6.09 Å². The van der Waals surface area contributed by atoms with Crippen molar-refractivity contribution in [3.05, 3.63) is 30.3 Å². The van der Waals surface area contributed by atoms with E-state index in [1.165, 1.54) is 0 Å². The van der Waals surface area contributed by atoms with Crippen molar-refractivity contribution in [1.82, 2.24) is 10.0 Å². The highest BCUT2D eigenvalue weighted by molar-refractivity contribution is 7.83. The first-order valence-electron chi connectivity index (χ1n) is 7.85. The molecule has 0 saturated heterocycles. The van der Waals surface area contributed by atoms with Crippen LogP contribution in [0.2, 0.25) is 0 Å². The highest BCUT2D eigenvalue weighted by atomic mass is 32.2. The number of ether oxygens (including phenoxy) is 1. The average Bonchev–Trinajstić information content (AvgIpc) is 2.44. The summed E-state index contributed by atoms with van der Waals surface area (Å²) >= 11 is 0. The zero-order valence-corrected chi connectivity index (χ0v) is 15.6. The van der Waals surface area contributed by atoms with Gasteiger partial charge in [0, 0.05) is 0 Å². The van der Waals surface area contributed by atoms with Gasteiger partial charge in [0.25, 0.3) is 5.91 Å². The van der Waals surface area contributed by atoms with E-state index in [-0.39, 0.29) is 5.92 Å². The number of hydrogen-bond acceptors (Lipinski definition) is 4. The highest BCUT2D eigenvalue weighted by Gasteiger charge is 2.26. The number of hydrogen-bond donors (Lipinski definition) is 2. The second-order valence-corrected chi connectivity index (χ2v) is 8.09. The van der Waals surface area contributed by atoms with Crippen LogP contribution in [0.1, 0.15) is 41.0 Å². The van der Waals surface area contributed by atoms with Gasteiger partial charge in [0.15, 0.2) is 11.0 Å². The van der Waals surface area contributed by atoms with E-state index in [1.807, 2.05) is 13.8 Å². The molecule has 24 heavy (non-hydrogen) atoms. The Morgan fingerprint density at radius 2 is 1.75 bits per heavy atom. The monoisotopic (exact) mass is 354 g/mol. The van der Waals surface area contributed by atoms with E-state index in [4.69, 9.17) is 4.74 Å². The zero-order valence-electron chi connectivity index (χ0n) is 14.8. The fourth-order valence-corrected chi connectivity index (χ4v) is 2.77. The standard InChI is InChI=1S/C17H26N2O4S/c1-12(2)11-14(18-16(21)23-17(3,4)5)15(20)19-24(22)13-9-7-6-8-10-13/h6-10,12,14H,11H2,1-5H3,(H,18,21)(H,19,20)/t14?,24-/m0/s1. The SMILES string of the molecule is CC(C)CC(NC(=O)OC(C)(C)C)C(=O)N[S@@](=O)c1ccccc1. The lowest BCUT2D eigenvalue weighted by Crippen LogP contribution is -2.49. The summed E-state index contributed by atoms with van der Waals surface area (Å²) in [4.78, 5) is 24.8. The third kappa shape index (κ3) is 7.59. The molecule has 2 N–H and O–H groups in total. The second kappa shape index (κ2) is 8.82. The van der Waals surface area contributed by atoms with Crippen molar-refractivity contribution < 1.29 is 18.5 Å². The van der Waals surface area contributed by atoms with E-state index < -0.39 is 34.6 Å². The summed E-state index contributed by atoms with van der Waals surface area (Å²) in [5, 5.41) is 2.55. The first kappa shape index (κ1) is 20.2. The Hall–Kier alpha value is -1.89. The third-order valence-electron chi connectivity index (χ3n) is 2.87. The van der Waals surface area contributed by atoms with Crippen LogP contribution in [0.5, 0.6) is 0 Å². The van der Waals surface area contributed by atoms with E-state index in [1.54, 1.807) is 51.1 Å². The van der Waals surface area contributed by atoms with Crippen LogP contribution in [-0.2, 0) is 20.5 Å². The average molecular weight is 354 g/mol. The van der Waals surface area contributed by atoms with Crippen molar-refractivity contribution >= 4 is 23.0 Å². The van der Waals surface area contributed by atoms with E-state index in [2.05, 4.69) is 10.0 Å². The van der Waals surface area contributed by atoms with Crippen LogP contribution in [0.3, 0.4) is 0 Å². The van der Waals surface area contributed by atoms with Crippen LogP contribution in [0.25, 0.3) is 0 Å². The summed E-state index contributed by atoms with van der Waals surface area (Å²) < 4.78 is 19.8. The molecule has 134 valence electrons. The molecule has 1 unspecified atom stereocenters. The fourth-order valence-electron chi connectivity index (χ4n) is 1.92. The molecule has 0 aromatic heterocycles. The quantitative estimate of drug-likeness (QED) is 0.823. The Morgan fingerprint density at radius 1 is 1.17 bits per heavy atom. The summed E-state index contributed by atoms with van der Waals surface area (Å²) in [5.74, 6) is -0.336. The summed E-state index contributed by atoms with van der Waals surface area (Å²) in [6.45, 7) is 9.11. The Bertz CT molecular complexity index is 582. The fraction of sp³-hybridized carbons (Fsp3) is 0.529.